The third-order valence-electron chi connectivity index (χ3n) is 1.93. The van der Waals surface area contributed by atoms with E-state index in [0.717, 1.165) is 0 Å². The topological polar surface area (TPSA) is 56.9 Å². The molecule has 0 aliphatic rings. The molecule has 8 heteroatoms. The number of hydrogen-bond donors (Lipinski definition) is 1. The van der Waals surface area contributed by atoms with Crippen LogP contribution in [-0.2, 0) is 12.6 Å². The summed E-state index contributed by atoms with van der Waals surface area (Å²) in [6.45, 7) is 0. The molecule has 1 N–H and O–H groups in total. The lowest BCUT2D eigenvalue weighted by molar-refractivity contribution is -0.140. The quantitative estimate of drug-likeness (QED) is 0.823. The van der Waals surface area contributed by atoms with Crippen LogP contribution in [0.5, 0.6) is 5.75 Å². The Morgan fingerprint density at radius 2 is 2.00 bits per heavy atom. The highest BCUT2D eigenvalue weighted by molar-refractivity contribution is 5.43. The number of hydrogen-bond acceptors (Lipinski definition) is 3. The number of aromatic nitrogens is 1. The predicted octanol–water partition coefficient (Wildman–Crippen LogP) is 2.81. The Bertz CT molecular complexity index is 464. The van der Waals surface area contributed by atoms with E-state index >= 15 is 0 Å². The van der Waals surface area contributed by atoms with Crippen LogP contribution in [0.2, 0.25) is 0 Å². The molecule has 1 aromatic rings. The monoisotopic (exact) mass is 252 g/mol. The maximum atomic E-state index is 12.6. The Balaban J connectivity index is 3.56. The molecule has 0 radical (unpaired) electrons. The molecule has 0 amide bonds. The average molecular weight is 252 g/mol. The molecule has 0 fully saturated rings. The van der Waals surface area contributed by atoms with Crippen LogP contribution in [0.1, 0.15) is 23.2 Å². The number of nitriles is 1. The molecular weight excluding hydrogens is 247 g/mol. The largest absolute Gasteiger partial charge is 0.506 e. The molecule has 0 aromatic carbocycles. The molecule has 0 unspecified atom stereocenters. The third-order valence-corrected chi connectivity index (χ3v) is 1.93. The minimum Gasteiger partial charge on any atom is -0.506 e. The fourth-order valence-electron chi connectivity index (χ4n) is 1.30. The number of aromatic hydroxyl groups is 1. The van der Waals surface area contributed by atoms with Crippen molar-refractivity contribution in [2.75, 3.05) is 0 Å². The van der Waals surface area contributed by atoms with Gasteiger partial charge in [-0.2, -0.15) is 18.4 Å². The van der Waals surface area contributed by atoms with Gasteiger partial charge in [0.1, 0.15) is 11.3 Å². The van der Waals surface area contributed by atoms with Gasteiger partial charge in [-0.3, -0.25) is 4.98 Å². The van der Waals surface area contributed by atoms with Gasteiger partial charge in [-0.25, -0.2) is 8.78 Å². The summed E-state index contributed by atoms with van der Waals surface area (Å²) in [5, 5.41) is 17.3. The summed E-state index contributed by atoms with van der Waals surface area (Å²) in [5.41, 5.74) is -3.97. The van der Waals surface area contributed by atoms with Gasteiger partial charge in [-0.15, -0.1) is 0 Å². The van der Waals surface area contributed by atoms with Crippen molar-refractivity contribution < 1.29 is 27.1 Å². The van der Waals surface area contributed by atoms with Crippen molar-refractivity contribution in [2.45, 2.75) is 19.0 Å². The molecule has 17 heavy (non-hydrogen) atoms. The normalized spacial score (nSPS) is 11.6. The lowest BCUT2D eigenvalue weighted by atomic mass is 10.0. The maximum Gasteiger partial charge on any atom is 0.420 e. The highest BCUT2D eigenvalue weighted by Crippen LogP contribution is 2.42. The molecule has 0 aliphatic heterocycles. The van der Waals surface area contributed by atoms with Gasteiger partial charge < -0.3 is 5.11 Å². The van der Waals surface area contributed by atoms with E-state index in [1.807, 2.05) is 0 Å². The van der Waals surface area contributed by atoms with Crippen LogP contribution in [-0.4, -0.2) is 10.1 Å². The second-order valence-electron chi connectivity index (χ2n) is 3.01. The summed E-state index contributed by atoms with van der Waals surface area (Å²) < 4.78 is 62.6. The van der Waals surface area contributed by atoms with Gasteiger partial charge in [0, 0.05) is 0 Å². The van der Waals surface area contributed by atoms with Gasteiger partial charge in [-0.05, 0) is 0 Å². The van der Waals surface area contributed by atoms with Crippen molar-refractivity contribution in [2.24, 2.45) is 0 Å². The van der Waals surface area contributed by atoms with Crippen molar-refractivity contribution >= 4 is 0 Å². The smallest absolute Gasteiger partial charge is 0.420 e. The highest BCUT2D eigenvalue weighted by Gasteiger charge is 2.40. The van der Waals surface area contributed by atoms with Crippen molar-refractivity contribution in [3.63, 3.8) is 0 Å². The van der Waals surface area contributed by atoms with Crippen molar-refractivity contribution in [1.29, 1.82) is 5.26 Å². The molecule has 0 atom stereocenters. The Morgan fingerprint density at radius 1 is 1.41 bits per heavy atom. The first kappa shape index (κ1) is 13.2. The molecule has 0 saturated heterocycles. The number of pyridine rings is 1. The Kier molecular flexibility index (Phi) is 3.50. The number of rotatable bonds is 2. The molecule has 1 rings (SSSR count). The van der Waals surface area contributed by atoms with Gasteiger partial charge in [0.25, 0.3) is 6.43 Å². The average Bonchev–Trinajstić information content (AvgIpc) is 2.18. The summed E-state index contributed by atoms with van der Waals surface area (Å²) in [4.78, 5) is 3.21. The Labute approximate surface area is 92.1 Å². The van der Waals surface area contributed by atoms with Crippen LogP contribution in [0.15, 0.2) is 6.20 Å². The van der Waals surface area contributed by atoms with E-state index in [1.165, 1.54) is 6.07 Å². The fraction of sp³-hybridized carbons (Fsp3) is 0.333. The number of halogens is 5. The Hall–Kier alpha value is -1.91. The SMILES string of the molecule is N#CCc1ncc(O)c(C(F)(F)F)c1C(F)F. The molecule has 0 spiro atoms. The van der Waals surface area contributed by atoms with E-state index in [4.69, 9.17) is 10.4 Å². The molecule has 1 heterocycles. The molecule has 0 saturated carbocycles. The fourth-order valence-corrected chi connectivity index (χ4v) is 1.30. The summed E-state index contributed by atoms with van der Waals surface area (Å²) >= 11 is 0. The van der Waals surface area contributed by atoms with Gasteiger partial charge in [-0.1, -0.05) is 0 Å². The lowest BCUT2D eigenvalue weighted by Gasteiger charge is -2.15. The lowest BCUT2D eigenvalue weighted by Crippen LogP contribution is -2.13. The first-order chi connectivity index (χ1) is 7.79. The van der Waals surface area contributed by atoms with Gasteiger partial charge in [0.2, 0.25) is 0 Å². The zero-order valence-electron chi connectivity index (χ0n) is 8.09. The van der Waals surface area contributed by atoms with E-state index in [9.17, 15) is 22.0 Å². The molecular formula is C9H5F5N2O. The standard InChI is InChI=1S/C9H5F5N2O/c10-8(11)6-4(1-2-15)16-3-5(17)7(6)9(12,13)14/h3,8,17H,1H2. The molecule has 92 valence electrons. The van der Waals surface area contributed by atoms with Crippen LogP contribution >= 0.6 is 0 Å². The summed E-state index contributed by atoms with van der Waals surface area (Å²) in [5.74, 6) is -1.38. The van der Waals surface area contributed by atoms with E-state index in [-0.39, 0.29) is 0 Å². The van der Waals surface area contributed by atoms with Gasteiger partial charge in [0.05, 0.1) is 29.9 Å². The minimum absolute atomic E-state index is 0.404. The van der Waals surface area contributed by atoms with E-state index in [0.29, 0.717) is 6.20 Å². The predicted molar refractivity (Wildman–Crippen MR) is 45.2 cm³/mol. The second-order valence-corrected chi connectivity index (χ2v) is 3.01. The molecule has 0 aliphatic carbocycles. The third kappa shape index (κ3) is 2.61. The van der Waals surface area contributed by atoms with Crippen molar-refractivity contribution in [3.05, 3.63) is 23.0 Å². The van der Waals surface area contributed by atoms with E-state index in [1.54, 1.807) is 0 Å². The van der Waals surface area contributed by atoms with Crippen LogP contribution in [0, 0.1) is 11.3 Å². The van der Waals surface area contributed by atoms with Crippen molar-refractivity contribution in [1.82, 2.24) is 4.98 Å². The second kappa shape index (κ2) is 4.53. The highest BCUT2D eigenvalue weighted by atomic mass is 19.4. The zero-order chi connectivity index (χ0) is 13.2. The maximum absolute atomic E-state index is 12.6. The first-order valence-corrected chi connectivity index (χ1v) is 4.22. The summed E-state index contributed by atoms with van der Waals surface area (Å²) in [6.07, 6.45) is -8.90. The first-order valence-electron chi connectivity index (χ1n) is 4.22. The van der Waals surface area contributed by atoms with E-state index in [2.05, 4.69) is 4.98 Å². The van der Waals surface area contributed by atoms with Crippen molar-refractivity contribution in [3.8, 4) is 11.8 Å². The number of nitrogens with zero attached hydrogens (tertiary/aromatic N) is 2. The van der Waals surface area contributed by atoms with Gasteiger partial charge in [0.15, 0.2) is 0 Å². The van der Waals surface area contributed by atoms with Crippen LogP contribution < -0.4 is 0 Å². The van der Waals surface area contributed by atoms with E-state index < -0.39 is 41.6 Å². The minimum atomic E-state index is -5.14. The Morgan fingerprint density at radius 3 is 2.41 bits per heavy atom. The van der Waals surface area contributed by atoms with Crippen LogP contribution in [0.25, 0.3) is 0 Å². The zero-order valence-corrected chi connectivity index (χ0v) is 8.09. The number of alkyl halides is 5. The van der Waals surface area contributed by atoms with Crippen LogP contribution in [0.3, 0.4) is 0 Å². The molecule has 1 aromatic heterocycles. The van der Waals surface area contributed by atoms with Gasteiger partial charge >= 0.3 is 6.18 Å². The molecule has 0 bridgehead atoms. The van der Waals surface area contributed by atoms with Crippen LogP contribution in [0.4, 0.5) is 22.0 Å². The summed E-state index contributed by atoms with van der Waals surface area (Å²) in [6, 6.07) is 1.43. The summed E-state index contributed by atoms with van der Waals surface area (Å²) in [7, 11) is 0. The molecule has 3 nitrogen and oxygen atoms in total.